The number of hydrogen-bond donors (Lipinski definition) is 1. The van der Waals surface area contributed by atoms with E-state index in [1.165, 1.54) is 0 Å². The molecular weight excluding hydrogens is 448 g/mol. The highest BCUT2D eigenvalue weighted by Crippen LogP contribution is 2.42. The number of Topliss-reactive ketones (excluding diaryl/α,β-unsaturated/α-hetero) is 1. The zero-order chi connectivity index (χ0) is 24.8. The highest BCUT2D eigenvalue weighted by molar-refractivity contribution is 6.46. The van der Waals surface area contributed by atoms with Gasteiger partial charge in [0.2, 0.25) is 0 Å². The van der Waals surface area contributed by atoms with Crippen LogP contribution in [0.2, 0.25) is 0 Å². The molecule has 0 radical (unpaired) electrons. The first-order valence-corrected chi connectivity index (χ1v) is 12.1. The van der Waals surface area contributed by atoms with Crippen LogP contribution in [0.25, 0.3) is 5.76 Å². The van der Waals surface area contributed by atoms with Crippen LogP contribution in [0.5, 0.6) is 11.5 Å². The van der Waals surface area contributed by atoms with Crippen LogP contribution < -0.4 is 9.47 Å². The zero-order valence-electron chi connectivity index (χ0n) is 20.2. The second-order valence-corrected chi connectivity index (χ2v) is 8.38. The van der Waals surface area contributed by atoms with E-state index in [1.54, 1.807) is 41.3 Å². The lowest BCUT2D eigenvalue weighted by Gasteiger charge is -2.31. The quantitative estimate of drug-likeness (QED) is 0.335. The summed E-state index contributed by atoms with van der Waals surface area (Å²) in [5.41, 5.74) is 1.24. The van der Waals surface area contributed by atoms with Gasteiger partial charge >= 0.3 is 0 Å². The minimum atomic E-state index is -0.744. The van der Waals surface area contributed by atoms with Crippen molar-refractivity contribution in [2.45, 2.75) is 19.9 Å². The van der Waals surface area contributed by atoms with Gasteiger partial charge in [-0.3, -0.25) is 14.5 Å². The lowest BCUT2D eigenvalue weighted by Crippen LogP contribution is -2.42. The maximum absolute atomic E-state index is 13.2. The normalized spacial score (nSPS) is 20.3. The Morgan fingerprint density at radius 2 is 1.66 bits per heavy atom. The van der Waals surface area contributed by atoms with E-state index in [0.29, 0.717) is 62.1 Å². The Hall–Kier alpha value is -3.36. The molecule has 0 aliphatic carbocycles. The molecule has 0 aromatic heterocycles. The summed E-state index contributed by atoms with van der Waals surface area (Å²) in [6.45, 7) is 8.48. The average Bonchev–Trinajstić information content (AvgIpc) is 3.14. The number of aliphatic hydroxyl groups excluding tert-OH is 1. The van der Waals surface area contributed by atoms with E-state index in [2.05, 4.69) is 4.90 Å². The summed E-state index contributed by atoms with van der Waals surface area (Å²) in [7, 11) is 0. The molecule has 0 unspecified atom stereocenters. The van der Waals surface area contributed by atoms with Crippen LogP contribution >= 0.6 is 0 Å². The van der Waals surface area contributed by atoms with Crippen molar-refractivity contribution in [3.63, 3.8) is 0 Å². The maximum atomic E-state index is 13.2. The predicted octanol–water partition coefficient (Wildman–Crippen LogP) is 3.24. The number of morpholine rings is 1. The van der Waals surface area contributed by atoms with Gasteiger partial charge in [-0.25, -0.2) is 0 Å². The topological polar surface area (TPSA) is 88.5 Å². The van der Waals surface area contributed by atoms with Gasteiger partial charge in [-0.05, 0) is 31.5 Å². The van der Waals surface area contributed by atoms with Crippen molar-refractivity contribution >= 4 is 17.4 Å². The number of nitrogens with zero attached hydrogens (tertiary/aromatic N) is 2. The number of rotatable bonds is 9. The first kappa shape index (κ1) is 24.8. The van der Waals surface area contributed by atoms with Crippen LogP contribution in [0.3, 0.4) is 0 Å². The SMILES string of the molecule is CCOc1ccc([C@@H]2C(=C(O)c3ccccc3)C(=O)C(=O)N2CCN2CCOCC2)cc1OCC. The lowest BCUT2D eigenvalue weighted by atomic mass is 9.95. The first-order chi connectivity index (χ1) is 17.0. The molecule has 0 spiro atoms. The molecule has 4 rings (SSSR count). The maximum Gasteiger partial charge on any atom is 0.295 e. The monoisotopic (exact) mass is 480 g/mol. The lowest BCUT2D eigenvalue weighted by molar-refractivity contribution is -0.140. The predicted molar refractivity (Wildman–Crippen MR) is 131 cm³/mol. The molecule has 8 heteroatoms. The first-order valence-electron chi connectivity index (χ1n) is 12.1. The number of likely N-dealkylation sites (tertiary alicyclic amines) is 1. The average molecular weight is 481 g/mol. The van der Waals surface area contributed by atoms with E-state index in [0.717, 1.165) is 13.1 Å². The third kappa shape index (κ3) is 5.33. The minimum Gasteiger partial charge on any atom is -0.507 e. The summed E-state index contributed by atoms with van der Waals surface area (Å²) in [6.07, 6.45) is 0. The van der Waals surface area contributed by atoms with Crippen LogP contribution in [0.1, 0.15) is 31.0 Å². The summed E-state index contributed by atoms with van der Waals surface area (Å²) in [5.74, 6) is -0.371. The highest BCUT2D eigenvalue weighted by Gasteiger charge is 2.46. The molecule has 0 bridgehead atoms. The van der Waals surface area contributed by atoms with Crippen molar-refractivity contribution in [1.29, 1.82) is 0 Å². The summed E-state index contributed by atoms with van der Waals surface area (Å²) in [6, 6.07) is 13.5. The van der Waals surface area contributed by atoms with Gasteiger partial charge in [0.05, 0.1) is 38.0 Å². The Morgan fingerprint density at radius 3 is 2.34 bits per heavy atom. The number of ketones is 1. The molecule has 2 aliphatic heterocycles. The fraction of sp³-hybridized carbons (Fsp3) is 0.407. The molecule has 2 fully saturated rings. The fourth-order valence-corrected chi connectivity index (χ4v) is 4.52. The molecule has 2 heterocycles. The van der Waals surface area contributed by atoms with Gasteiger partial charge in [0.15, 0.2) is 11.5 Å². The van der Waals surface area contributed by atoms with E-state index in [-0.39, 0.29) is 11.3 Å². The number of carbonyl (C=O) groups excluding carboxylic acids is 2. The van der Waals surface area contributed by atoms with Gasteiger partial charge < -0.3 is 24.2 Å². The molecule has 2 aromatic carbocycles. The Bertz CT molecular complexity index is 1080. The molecule has 0 saturated carbocycles. The van der Waals surface area contributed by atoms with Gasteiger partial charge in [-0.2, -0.15) is 0 Å². The van der Waals surface area contributed by atoms with Crippen LogP contribution in [0, 0.1) is 0 Å². The molecule has 2 aliphatic rings. The van der Waals surface area contributed by atoms with Crippen LogP contribution in [-0.2, 0) is 14.3 Å². The summed E-state index contributed by atoms with van der Waals surface area (Å²) in [4.78, 5) is 30.2. The zero-order valence-corrected chi connectivity index (χ0v) is 20.2. The van der Waals surface area contributed by atoms with E-state index < -0.39 is 17.7 Å². The standard InChI is InChI=1S/C27H32N2O6/c1-3-34-21-11-10-20(18-22(21)35-4-2)24-23(25(30)19-8-6-5-7-9-19)26(31)27(32)29(24)13-12-28-14-16-33-17-15-28/h5-11,18,24,30H,3-4,12-17H2,1-2H3/t24-/m1/s1. The van der Waals surface area contributed by atoms with Gasteiger partial charge in [-0.15, -0.1) is 0 Å². The molecule has 1 atom stereocenters. The molecule has 1 amide bonds. The fourth-order valence-electron chi connectivity index (χ4n) is 4.52. The van der Waals surface area contributed by atoms with Gasteiger partial charge in [0.1, 0.15) is 5.76 Å². The van der Waals surface area contributed by atoms with Crippen molar-refractivity contribution in [3.8, 4) is 11.5 Å². The molecular formula is C27H32N2O6. The highest BCUT2D eigenvalue weighted by atomic mass is 16.5. The Balaban J connectivity index is 1.77. The van der Waals surface area contributed by atoms with Crippen LogP contribution in [-0.4, -0.2) is 79.2 Å². The molecule has 8 nitrogen and oxygen atoms in total. The Labute approximate surface area is 205 Å². The second kappa shape index (κ2) is 11.4. The Kier molecular flexibility index (Phi) is 8.05. The number of amides is 1. The second-order valence-electron chi connectivity index (χ2n) is 8.38. The number of hydrogen-bond acceptors (Lipinski definition) is 7. The summed E-state index contributed by atoms with van der Waals surface area (Å²) in [5, 5.41) is 11.2. The van der Waals surface area contributed by atoms with Crippen molar-refractivity contribution < 1.29 is 28.9 Å². The van der Waals surface area contributed by atoms with E-state index in [4.69, 9.17) is 14.2 Å². The molecule has 2 aromatic rings. The third-order valence-corrected chi connectivity index (χ3v) is 6.23. The van der Waals surface area contributed by atoms with Gasteiger partial charge in [0.25, 0.3) is 11.7 Å². The summed E-state index contributed by atoms with van der Waals surface area (Å²) >= 11 is 0. The number of benzene rings is 2. The molecule has 35 heavy (non-hydrogen) atoms. The van der Waals surface area contributed by atoms with Crippen molar-refractivity contribution in [1.82, 2.24) is 9.80 Å². The molecule has 1 N–H and O–H groups in total. The van der Waals surface area contributed by atoms with Crippen LogP contribution in [0.15, 0.2) is 54.1 Å². The van der Waals surface area contributed by atoms with E-state index in [9.17, 15) is 14.7 Å². The van der Waals surface area contributed by atoms with Crippen molar-refractivity contribution in [2.24, 2.45) is 0 Å². The Morgan fingerprint density at radius 1 is 0.971 bits per heavy atom. The smallest absolute Gasteiger partial charge is 0.295 e. The number of carbonyl (C=O) groups is 2. The van der Waals surface area contributed by atoms with Crippen molar-refractivity contribution in [3.05, 3.63) is 65.2 Å². The third-order valence-electron chi connectivity index (χ3n) is 6.23. The molecule has 186 valence electrons. The molecule has 2 saturated heterocycles. The largest absolute Gasteiger partial charge is 0.507 e. The minimum absolute atomic E-state index is 0.0785. The number of aliphatic hydroxyl groups is 1. The van der Waals surface area contributed by atoms with E-state index in [1.807, 2.05) is 26.0 Å². The van der Waals surface area contributed by atoms with Gasteiger partial charge in [0, 0.05) is 31.7 Å². The van der Waals surface area contributed by atoms with Crippen LogP contribution in [0.4, 0.5) is 0 Å². The summed E-state index contributed by atoms with van der Waals surface area (Å²) < 4.78 is 16.9. The van der Waals surface area contributed by atoms with Gasteiger partial charge in [-0.1, -0.05) is 36.4 Å². The van der Waals surface area contributed by atoms with Crippen molar-refractivity contribution in [2.75, 3.05) is 52.6 Å². The van der Waals surface area contributed by atoms with E-state index >= 15 is 0 Å². The number of ether oxygens (including phenoxy) is 3.